The van der Waals surface area contributed by atoms with Crippen LogP contribution in [0.2, 0.25) is 0 Å². The molecule has 1 saturated carbocycles. The van der Waals surface area contributed by atoms with Crippen LogP contribution in [-0.4, -0.2) is 36.6 Å². The number of rotatable bonds is 5. The predicted molar refractivity (Wildman–Crippen MR) is 69.6 cm³/mol. The van der Waals surface area contributed by atoms with Crippen molar-refractivity contribution >= 4 is 0 Å². The summed E-state index contributed by atoms with van der Waals surface area (Å²) in [5, 5.41) is 3.76. The maximum atomic E-state index is 3.76. The fraction of sp³-hybridized carbons (Fsp3) is 1.00. The third kappa shape index (κ3) is 2.60. The van der Waals surface area contributed by atoms with Crippen molar-refractivity contribution in [3.63, 3.8) is 0 Å². The van der Waals surface area contributed by atoms with E-state index < -0.39 is 0 Å². The normalized spacial score (nSPS) is 33.9. The molecule has 1 aliphatic heterocycles. The van der Waals surface area contributed by atoms with Gasteiger partial charge >= 0.3 is 0 Å². The molecule has 3 unspecified atom stereocenters. The van der Waals surface area contributed by atoms with Crippen LogP contribution in [0, 0.1) is 11.8 Å². The van der Waals surface area contributed by atoms with Gasteiger partial charge in [0.15, 0.2) is 0 Å². The number of nitrogens with one attached hydrogen (secondary N) is 1. The monoisotopic (exact) mass is 224 g/mol. The summed E-state index contributed by atoms with van der Waals surface area (Å²) in [6.45, 7) is 10.8. The van der Waals surface area contributed by atoms with Crippen molar-refractivity contribution in [2.75, 3.05) is 19.6 Å². The van der Waals surface area contributed by atoms with Crippen molar-refractivity contribution < 1.29 is 0 Å². The van der Waals surface area contributed by atoms with Gasteiger partial charge in [-0.2, -0.15) is 0 Å². The molecule has 2 heteroatoms. The molecule has 1 saturated heterocycles. The summed E-state index contributed by atoms with van der Waals surface area (Å²) in [5.41, 5.74) is 0. The van der Waals surface area contributed by atoms with Gasteiger partial charge in [-0.05, 0) is 58.0 Å². The summed E-state index contributed by atoms with van der Waals surface area (Å²) in [4.78, 5) is 2.65. The lowest BCUT2D eigenvalue weighted by Gasteiger charge is -2.31. The molecule has 2 aliphatic rings. The Balaban J connectivity index is 1.87. The van der Waals surface area contributed by atoms with E-state index in [-0.39, 0.29) is 0 Å². The third-order valence-electron chi connectivity index (χ3n) is 4.55. The molecule has 3 atom stereocenters. The number of nitrogens with zero attached hydrogens (tertiary/aromatic N) is 1. The molecular weight excluding hydrogens is 196 g/mol. The Labute approximate surface area is 101 Å². The third-order valence-corrected chi connectivity index (χ3v) is 4.55. The van der Waals surface area contributed by atoms with E-state index in [4.69, 9.17) is 0 Å². The zero-order valence-corrected chi connectivity index (χ0v) is 11.2. The molecule has 2 rings (SSSR count). The standard InChI is InChI=1S/C14H28N2/c1-4-8-16(11(2)3)10-14-13-7-5-6-12(13)9-15-14/h11-15H,4-10H2,1-3H3. The van der Waals surface area contributed by atoms with Gasteiger partial charge in [0.05, 0.1) is 0 Å². The molecule has 1 aliphatic carbocycles. The highest BCUT2D eigenvalue weighted by molar-refractivity contribution is 4.95. The van der Waals surface area contributed by atoms with Crippen LogP contribution in [0.25, 0.3) is 0 Å². The Hall–Kier alpha value is -0.0800. The van der Waals surface area contributed by atoms with Gasteiger partial charge in [0.2, 0.25) is 0 Å². The zero-order chi connectivity index (χ0) is 11.5. The molecule has 1 N–H and O–H groups in total. The van der Waals surface area contributed by atoms with Crippen molar-refractivity contribution in [2.45, 2.75) is 58.5 Å². The predicted octanol–water partition coefficient (Wildman–Crippen LogP) is 2.49. The molecule has 0 aromatic carbocycles. The Bertz CT molecular complexity index is 215. The Kier molecular flexibility index (Phi) is 4.26. The summed E-state index contributed by atoms with van der Waals surface area (Å²) in [6, 6.07) is 1.48. The highest BCUT2D eigenvalue weighted by atomic mass is 15.2. The van der Waals surface area contributed by atoms with E-state index in [1.54, 1.807) is 0 Å². The van der Waals surface area contributed by atoms with Crippen molar-refractivity contribution in [1.29, 1.82) is 0 Å². The van der Waals surface area contributed by atoms with Gasteiger partial charge in [0, 0.05) is 18.6 Å². The second-order valence-corrected chi connectivity index (χ2v) is 5.96. The van der Waals surface area contributed by atoms with Crippen molar-refractivity contribution in [3.05, 3.63) is 0 Å². The summed E-state index contributed by atoms with van der Waals surface area (Å²) in [7, 11) is 0. The quantitative estimate of drug-likeness (QED) is 0.772. The van der Waals surface area contributed by atoms with Crippen LogP contribution >= 0.6 is 0 Å². The second-order valence-electron chi connectivity index (χ2n) is 5.96. The van der Waals surface area contributed by atoms with Crippen LogP contribution in [0.1, 0.15) is 46.5 Å². The van der Waals surface area contributed by atoms with Crippen LogP contribution in [0.4, 0.5) is 0 Å². The molecule has 94 valence electrons. The van der Waals surface area contributed by atoms with E-state index in [1.165, 1.54) is 45.3 Å². The van der Waals surface area contributed by atoms with E-state index >= 15 is 0 Å². The topological polar surface area (TPSA) is 15.3 Å². The summed E-state index contributed by atoms with van der Waals surface area (Å²) in [6.07, 6.45) is 5.70. The van der Waals surface area contributed by atoms with Crippen LogP contribution in [0.5, 0.6) is 0 Å². The fourth-order valence-electron chi connectivity index (χ4n) is 3.60. The molecule has 0 amide bonds. The second kappa shape index (κ2) is 5.50. The minimum absolute atomic E-state index is 0.696. The van der Waals surface area contributed by atoms with E-state index in [2.05, 4.69) is 31.0 Å². The largest absolute Gasteiger partial charge is 0.312 e. The average molecular weight is 224 g/mol. The molecule has 2 nitrogen and oxygen atoms in total. The number of fused-ring (bicyclic) bond motifs is 1. The lowest BCUT2D eigenvalue weighted by molar-refractivity contribution is 0.186. The molecule has 0 aromatic rings. The molecular formula is C14H28N2. The van der Waals surface area contributed by atoms with E-state index in [9.17, 15) is 0 Å². The van der Waals surface area contributed by atoms with Gasteiger partial charge < -0.3 is 5.32 Å². The summed E-state index contributed by atoms with van der Waals surface area (Å²) < 4.78 is 0. The van der Waals surface area contributed by atoms with Gasteiger partial charge in [0.25, 0.3) is 0 Å². The minimum atomic E-state index is 0.696. The maximum Gasteiger partial charge on any atom is 0.0226 e. The lowest BCUT2D eigenvalue weighted by Crippen LogP contribution is -2.43. The fourth-order valence-corrected chi connectivity index (χ4v) is 3.60. The molecule has 1 heterocycles. The minimum Gasteiger partial charge on any atom is -0.312 e. The first-order valence-electron chi connectivity index (χ1n) is 7.19. The van der Waals surface area contributed by atoms with Crippen LogP contribution in [-0.2, 0) is 0 Å². The first-order valence-corrected chi connectivity index (χ1v) is 7.19. The molecule has 16 heavy (non-hydrogen) atoms. The van der Waals surface area contributed by atoms with Crippen molar-refractivity contribution in [2.24, 2.45) is 11.8 Å². The van der Waals surface area contributed by atoms with Gasteiger partial charge in [-0.15, -0.1) is 0 Å². The van der Waals surface area contributed by atoms with Crippen LogP contribution in [0.3, 0.4) is 0 Å². The molecule has 0 aromatic heterocycles. The zero-order valence-electron chi connectivity index (χ0n) is 11.2. The van der Waals surface area contributed by atoms with Gasteiger partial charge in [-0.1, -0.05) is 13.3 Å². The summed E-state index contributed by atoms with van der Waals surface area (Å²) in [5.74, 6) is 1.98. The average Bonchev–Trinajstić information content (AvgIpc) is 2.81. The van der Waals surface area contributed by atoms with Crippen molar-refractivity contribution in [3.8, 4) is 0 Å². The first kappa shape index (κ1) is 12.4. The molecule has 0 radical (unpaired) electrons. The molecule has 0 spiro atoms. The van der Waals surface area contributed by atoms with Gasteiger partial charge in [-0.25, -0.2) is 0 Å². The van der Waals surface area contributed by atoms with Gasteiger partial charge in [0.1, 0.15) is 0 Å². The summed E-state index contributed by atoms with van der Waals surface area (Å²) >= 11 is 0. The van der Waals surface area contributed by atoms with E-state index in [1.807, 2.05) is 0 Å². The Morgan fingerprint density at radius 1 is 1.31 bits per heavy atom. The highest BCUT2D eigenvalue weighted by Gasteiger charge is 2.39. The Morgan fingerprint density at radius 3 is 2.81 bits per heavy atom. The highest BCUT2D eigenvalue weighted by Crippen LogP contribution is 2.37. The smallest absolute Gasteiger partial charge is 0.0226 e. The SMILES string of the molecule is CCCN(CC1NCC2CCCC21)C(C)C. The Morgan fingerprint density at radius 2 is 2.12 bits per heavy atom. The lowest BCUT2D eigenvalue weighted by atomic mass is 9.93. The van der Waals surface area contributed by atoms with E-state index in [0.29, 0.717) is 6.04 Å². The first-order chi connectivity index (χ1) is 7.72. The molecule has 2 fully saturated rings. The molecule has 0 bridgehead atoms. The van der Waals surface area contributed by atoms with E-state index in [0.717, 1.165) is 17.9 Å². The number of hydrogen-bond acceptors (Lipinski definition) is 2. The van der Waals surface area contributed by atoms with Crippen molar-refractivity contribution in [1.82, 2.24) is 10.2 Å². The van der Waals surface area contributed by atoms with Crippen LogP contribution < -0.4 is 5.32 Å². The number of hydrogen-bond donors (Lipinski definition) is 1. The van der Waals surface area contributed by atoms with Gasteiger partial charge in [-0.3, -0.25) is 4.90 Å². The maximum absolute atomic E-state index is 3.76. The van der Waals surface area contributed by atoms with Crippen LogP contribution in [0.15, 0.2) is 0 Å².